The molecule has 0 unspecified atom stereocenters. The van der Waals surface area contributed by atoms with Gasteiger partial charge in [0, 0.05) is 12.0 Å². The van der Waals surface area contributed by atoms with Gasteiger partial charge in [0.05, 0.1) is 6.10 Å². The zero-order valence-corrected chi connectivity index (χ0v) is 14.9. The van der Waals surface area contributed by atoms with E-state index >= 15 is 0 Å². The minimum absolute atomic E-state index is 0.155. The highest BCUT2D eigenvalue weighted by Gasteiger charge is 2.36. The molecule has 0 saturated carbocycles. The van der Waals surface area contributed by atoms with E-state index in [1.54, 1.807) is 0 Å². The van der Waals surface area contributed by atoms with Crippen LogP contribution in [0.5, 0.6) is 0 Å². The van der Waals surface area contributed by atoms with Gasteiger partial charge in [0.25, 0.3) is 0 Å². The third-order valence-corrected chi connectivity index (χ3v) is 5.86. The summed E-state index contributed by atoms with van der Waals surface area (Å²) in [5.74, 6) is 0.555. The van der Waals surface area contributed by atoms with E-state index in [4.69, 9.17) is 5.11 Å². The average molecular weight is 304 g/mol. The van der Waals surface area contributed by atoms with Crippen molar-refractivity contribution in [3.8, 4) is 0 Å². The molecule has 1 aliphatic rings. The van der Waals surface area contributed by atoms with Crippen LogP contribution < -0.4 is 0 Å². The van der Waals surface area contributed by atoms with Crippen molar-refractivity contribution in [1.82, 2.24) is 0 Å². The summed E-state index contributed by atoms with van der Waals surface area (Å²) in [7, 11) is 0. The summed E-state index contributed by atoms with van der Waals surface area (Å²) in [6.45, 7) is 11.3. The molecule has 1 aromatic rings. The molecule has 2 rings (SSSR count). The Hall–Kier alpha value is -0.860. The number of fused-ring (bicyclic) bond motifs is 1. The lowest BCUT2D eigenvalue weighted by atomic mass is 9.68. The predicted molar refractivity (Wildman–Crippen MR) is 92.5 cm³/mol. The molecule has 0 amide bonds. The van der Waals surface area contributed by atoms with Gasteiger partial charge in [0.15, 0.2) is 0 Å². The first kappa shape index (κ1) is 17.5. The minimum Gasteiger partial charge on any atom is -0.396 e. The Bertz CT molecular complexity index is 531. The second-order valence-corrected chi connectivity index (χ2v) is 7.74. The van der Waals surface area contributed by atoms with Crippen LogP contribution >= 0.6 is 0 Å². The minimum atomic E-state index is -0.247. The SMILES string of the molecule is Cc1c(CC[C@H](C)CCO)cc2c(c1C)CC[C@H](O)C2(C)C. The molecule has 0 aliphatic heterocycles. The molecule has 1 aliphatic carbocycles. The molecular formula is C20H32O2. The van der Waals surface area contributed by atoms with Gasteiger partial charge in [-0.25, -0.2) is 0 Å². The molecular weight excluding hydrogens is 272 g/mol. The first-order valence-electron chi connectivity index (χ1n) is 8.70. The topological polar surface area (TPSA) is 40.5 Å². The second kappa shape index (κ2) is 6.72. The van der Waals surface area contributed by atoms with Gasteiger partial charge >= 0.3 is 0 Å². The van der Waals surface area contributed by atoms with Crippen molar-refractivity contribution in [3.05, 3.63) is 33.9 Å². The van der Waals surface area contributed by atoms with Crippen molar-refractivity contribution < 1.29 is 10.2 Å². The molecule has 2 nitrogen and oxygen atoms in total. The Morgan fingerprint density at radius 2 is 1.91 bits per heavy atom. The van der Waals surface area contributed by atoms with Crippen LogP contribution in [0.3, 0.4) is 0 Å². The summed E-state index contributed by atoms with van der Waals surface area (Å²) in [6.07, 6.45) is 4.67. The number of aryl methyl sites for hydroxylation is 1. The number of aliphatic hydroxyl groups excluding tert-OH is 2. The maximum atomic E-state index is 10.4. The number of aliphatic hydroxyl groups is 2. The Morgan fingerprint density at radius 3 is 2.55 bits per heavy atom. The van der Waals surface area contributed by atoms with Crippen LogP contribution in [0.25, 0.3) is 0 Å². The zero-order chi connectivity index (χ0) is 16.5. The van der Waals surface area contributed by atoms with Crippen molar-refractivity contribution >= 4 is 0 Å². The van der Waals surface area contributed by atoms with Gasteiger partial charge in [-0.05, 0) is 79.7 Å². The number of hydrogen-bond donors (Lipinski definition) is 2. The Morgan fingerprint density at radius 1 is 1.23 bits per heavy atom. The summed E-state index contributed by atoms with van der Waals surface area (Å²) >= 11 is 0. The van der Waals surface area contributed by atoms with Gasteiger partial charge in [0.2, 0.25) is 0 Å². The highest BCUT2D eigenvalue weighted by molar-refractivity contribution is 5.49. The molecule has 0 saturated heterocycles. The monoisotopic (exact) mass is 304 g/mol. The first-order chi connectivity index (χ1) is 10.3. The number of benzene rings is 1. The fourth-order valence-corrected chi connectivity index (χ4v) is 3.78. The summed E-state index contributed by atoms with van der Waals surface area (Å²) in [6, 6.07) is 2.35. The van der Waals surface area contributed by atoms with Crippen molar-refractivity contribution in [1.29, 1.82) is 0 Å². The molecule has 22 heavy (non-hydrogen) atoms. The van der Waals surface area contributed by atoms with Gasteiger partial charge in [-0.3, -0.25) is 0 Å². The predicted octanol–water partition coefficient (Wildman–Crippen LogP) is 3.84. The van der Waals surface area contributed by atoms with E-state index in [-0.39, 0.29) is 18.1 Å². The summed E-state index contributed by atoms with van der Waals surface area (Å²) in [5, 5.41) is 19.5. The van der Waals surface area contributed by atoms with E-state index in [2.05, 4.69) is 40.7 Å². The van der Waals surface area contributed by atoms with Crippen LogP contribution in [0.15, 0.2) is 6.07 Å². The van der Waals surface area contributed by atoms with E-state index in [1.807, 2.05) is 0 Å². The molecule has 0 heterocycles. The van der Waals surface area contributed by atoms with Crippen molar-refractivity contribution in [2.24, 2.45) is 5.92 Å². The molecule has 1 aromatic carbocycles. The lowest BCUT2D eigenvalue weighted by Crippen LogP contribution is -2.39. The van der Waals surface area contributed by atoms with Gasteiger partial charge in [0.1, 0.15) is 0 Å². The van der Waals surface area contributed by atoms with Crippen LogP contribution in [0.1, 0.15) is 67.9 Å². The van der Waals surface area contributed by atoms with Crippen LogP contribution in [0.2, 0.25) is 0 Å². The Balaban J connectivity index is 2.33. The lowest BCUT2D eigenvalue weighted by molar-refractivity contribution is 0.0829. The van der Waals surface area contributed by atoms with Gasteiger partial charge < -0.3 is 10.2 Å². The zero-order valence-electron chi connectivity index (χ0n) is 14.9. The van der Waals surface area contributed by atoms with Gasteiger partial charge in [-0.15, -0.1) is 0 Å². The van der Waals surface area contributed by atoms with E-state index < -0.39 is 0 Å². The molecule has 124 valence electrons. The van der Waals surface area contributed by atoms with Crippen molar-refractivity contribution in [2.45, 2.75) is 78.2 Å². The highest BCUT2D eigenvalue weighted by atomic mass is 16.3. The van der Waals surface area contributed by atoms with Crippen LogP contribution in [-0.2, 0) is 18.3 Å². The fourth-order valence-electron chi connectivity index (χ4n) is 3.78. The van der Waals surface area contributed by atoms with E-state index in [1.165, 1.54) is 27.8 Å². The van der Waals surface area contributed by atoms with Crippen molar-refractivity contribution in [3.63, 3.8) is 0 Å². The van der Waals surface area contributed by atoms with Gasteiger partial charge in [-0.2, -0.15) is 0 Å². The third-order valence-electron chi connectivity index (χ3n) is 5.86. The highest BCUT2D eigenvalue weighted by Crippen LogP contribution is 2.40. The first-order valence-corrected chi connectivity index (χ1v) is 8.70. The molecule has 0 bridgehead atoms. The maximum Gasteiger partial charge on any atom is 0.0634 e. The Kier molecular flexibility index (Phi) is 5.34. The maximum absolute atomic E-state index is 10.4. The molecule has 0 fully saturated rings. The molecule has 0 spiro atoms. The normalized spacial score (nSPS) is 21.5. The van der Waals surface area contributed by atoms with Crippen molar-refractivity contribution in [2.75, 3.05) is 6.61 Å². The molecule has 0 aromatic heterocycles. The molecule has 2 atom stereocenters. The summed E-state index contributed by atoms with van der Waals surface area (Å²) in [5.41, 5.74) is 6.91. The smallest absolute Gasteiger partial charge is 0.0634 e. The molecule has 2 N–H and O–H groups in total. The molecule has 0 radical (unpaired) electrons. The largest absolute Gasteiger partial charge is 0.396 e. The number of rotatable bonds is 5. The third kappa shape index (κ3) is 3.23. The van der Waals surface area contributed by atoms with Crippen LogP contribution in [0, 0.1) is 19.8 Å². The second-order valence-electron chi connectivity index (χ2n) is 7.74. The van der Waals surface area contributed by atoms with Gasteiger partial charge in [-0.1, -0.05) is 26.8 Å². The van der Waals surface area contributed by atoms with Crippen LogP contribution in [0.4, 0.5) is 0 Å². The van der Waals surface area contributed by atoms with Crippen LogP contribution in [-0.4, -0.2) is 22.9 Å². The Labute approximate surface area is 135 Å². The van der Waals surface area contributed by atoms with E-state index in [9.17, 15) is 5.11 Å². The van der Waals surface area contributed by atoms with E-state index in [0.29, 0.717) is 5.92 Å². The quantitative estimate of drug-likeness (QED) is 0.867. The average Bonchev–Trinajstić information content (AvgIpc) is 2.46. The number of hydrogen-bond acceptors (Lipinski definition) is 2. The fraction of sp³-hybridized carbons (Fsp3) is 0.700. The summed E-state index contributed by atoms with van der Waals surface area (Å²) in [4.78, 5) is 0. The lowest BCUT2D eigenvalue weighted by Gasteiger charge is -2.39. The van der Waals surface area contributed by atoms with E-state index in [0.717, 1.165) is 32.1 Å². The molecule has 2 heteroatoms. The summed E-state index contributed by atoms with van der Waals surface area (Å²) < 4.78 is 0. The standard InChI is InChI=1S/C20H32O2/c1-13(10-11-21)6-7-16-12-18-17(15(3)14(16)2)8-9-19(22)20(18,4)5/h12-13,19,21-22H,6-11H2,1-5H3/t13-,19-/m0/s1.